The molecule has 42 heavy (non-hydrogen) atoms. The fourth-order valence-corrected chi connectivity index (χ4v) is 7.14. The Bertz CT molecular complexity index is 1710. The average molecular weight is 603 g/mol. The van der Waals surface area contributed by atoms with Crippen LogP contribution in [0.25, 0.3) is 22.9 Å². The lowest BCUT2D eigenvalue weighted by atomic mass is 9.54. The van der Waals surface area contributed by atoms with Gasteiger partial charge in [0.15, 0.2) is 0 Å². The Morgan fingerprint density at radius 2 is 0.905 bits per heavy atom. The molecule has 1 saturated carbocycles. The van der Waals surface area contributed by atoms with Crippen molar-refractivity contribution < 1.29 is 28.0 Å². The summed E-state index contributed by atoms with van der Waals surface area (Å²) in [6.07, 6.45) is 3.48. The maximum atomic E-state index is 13.7. The van der Waals surface area contributed by atoms with E-state index in [1.165, 1.54) is 0 Å². The lowest BCUT2D eigenvalue weighted by Gasteiger charge is -2.44. The summed E-state index contributed by atoms with van der Waals surface area (Å²) in [4.78, 5) is 56.6. The summed E-state index contributed by atoms with van der Waals surface area (Å²) in [5, 5.41) is 16.6. The van der Waals surface area contributed by atoms with Crippen molar-refractivity contribution in [2.45, 2.75) is 0 Å². The first kappa shape index (κ1) is 25.1. The Balaban J connectivity index is 1.11. The Hall–Kier alpha value is -4.68. The Kier molecular flexibility index (Phi) is 5.32. The lowest BCUT2D eigenvalue weighted by Crippen LogP contribution is -2.50. The van der Waals surface area contributed by atoms with Crippen LogP contribution in [0.1, 0.15) is 0 Å². The summed E-state index contributed by atoms with van der Waals surface area (Å²) >= 11 is 12.5. The second-order valence-corrected chi connectivity index (χ2v) is 11.2. The molecule has 3 aliphatic carbocycles. The van der Waals surface area contributed by atoms with Gasteiger partial charge in [0.2, 0.25) is 23.6 Å². The zero-order valence-corrected chi connectivity index (χ0v) is 22.6. The van der Waals surface area contributed by atoms with Crippen LogP contribution in [0.5, 0.6) is 0 Å². The third-order valence-corrected chi connectivity index (χ3v) is 9.09. The van der Waals surface area contributed by atoms with Crippen molar-refractivity contribution in [2.75, 3.05) is 9.80 Å². The molecule has 4 heterocycles. The summed E-state index contributed by atoms with van der Waals surface area (Å²) in [7, 11) is 0. The molecule has 0 radical (unpaired) electrons. The molecule has 4 aromatic rings. The van der Waals surface area contributed by atoms with Crippen molar-refractivity contribution in [2.24, 2.45) is 35.5 Å². The summed E-state index contributed by atoms with van der Waals surface area (Å²) in [6, 6.07) is 13.0. The number of halogens is 2. The highest BCUT2D eigenvalue weighted by Crippen LogP contribution is 2.58. The number of benzene rings is 2. The highest BCUT2D eigenvalue weighted by molar-refractivity contribution is 6.33. The van der Waals surface area contributed by atoms with Gasteiger partial charge in [-0.3, -0.25) is 19.2 Å². The SMILES string of the molecule is O=C1C2C3C=CC(C2C(=O)N1c1nnc(-c2ccccc2Cl)o1)C1C(=O)N(c2nnc(-c4ccccc4Cl)o2)C(=O)C31. The van der Waals surface area contributed by atoms with Crippen molar-refractivity contribution >= 4 is 58.9 Å². The second kappa shape index (κ2) is 8.91. The number of allylic oxidation sites excluding steroid dienone is 2. The number of nitrogens with zero attached hydrogens (tertiary/aromatic N) is 6. The van der Waals surface area contributed by atoms with Gasteiger partial charge in [-0.25, -0.2) is 0 Å². The van der Waals surface area contributed by atoms with Gasteiger partial charge in [0.25, 0.3) is 11.8 Å². The predicted octanol–water partition coefficient (Wildman–Crippen LogP) is 3.82. The summed E-state index contributed by atoms with van der Waals surface area (Å²) in [5.74, 6) is -7.19. The van der Waals surface area contributed by atoms with Crippen molar-refractivity contribution in [3.05, 3.63) is 70.7 Å². The monoisotopic (exact) mass is 602 g/mol. The molecule has 4 amide bonds. The highest BCUT2D eigenvalue weighted by Gasteiger charge is 2.70. The van der Waals surface area contributed by atoms with Gasteiger partial charge in [-0.1, -0.05) is 69.8 Å². The molecular weight excluding hydrogens is 587 g/mol. The molecule has 2 bridgehead atoms. The van der Waals surface area contributed by atoms with Gasteiger partial charge in [-0.15, -0.1) is 10.2 Å². The van der Waals surface area contributed by atoms with Crippen LogP contribution in [-0.4, -0.2) is 44.0 Å². The molecule has 2 aromatic carbocycles. The summed E-state index contributed by atoms with van der Waals surface area (Å²) < 4.78 is 11.4. The first-order chi connectivity index (χ1) is 20.3. The average Bonchev–Trinajstić information content (AvgIpc) is 3.77. The van der Waals surface area contributed by atoms with E-state index in [0.29, 0.717) is 21.2 Å². The van der Waals surface area contributed by atoms with Crippen LogP contribution in [0.4, 0.5) is 12.0 Å². The van der Waals surface area contributed by atoms with E-state index >= 15 is 0 Å². The van der Waals surface area contributed by atoms with Crippen LogP contribution in [-0.2, 0) is 19.2 Å². The van der Waals surface area contributed by atoms with E-state index in [2.05, 4.69) is 20.4 Å². The molecule has 2 aromatic heterocycles. The number of hydrogen-bond donors (Lipinski definition) is 0. The Labute approximate surface area is 245 Å². The molecule has 3 fully saturated rings. The molecule has 2 saturated heterocycles. The molecule has 0 spiro atoms. The minimum absolute atomic E-state index is 0.0424. The number of amides is 4. The predicted molar refractivity (Wildman–Crippen MR) is 145 cm³/mol. The Morgan fingerprint density at radius 3 is 1.26 bits per heavy atom. The zero-order valence-electron chi connectivity index (χ0n) is 21.1. The van der Waals surface area contributed by atoms with E-state index in [0.717, 1.165) is 9.80 Å². The summed E-state index contributed by atoms with van der Waals surface area (Å²) in [6.45, 7) is 0. The maximum Gasteiger partial charge on any atom is 0.332 e. The lowest BCUT2D eigenvalue weighted by molar-refractivity contribution is -0.137. The number of rotatable bonds is 4. The van der Waals surface area contributed by atoms with Gasteiger partial charge in [-0.05, 0) is 24.3 Å². The molecule has 12 nitrogen and oxygen atoms in total. The largest absolute Gasteiger partial charge is 0.403 e. The van der Waals surface area contributed by atoms with E-state index in [4.69, 9.17) is 32.0 Å². The van der Waals surface area contributed by atoms with Gasteiger partial charge >= 0.3 is 12.0 Å². The minimum atomic E-state index is -0.887. The first-order valence-corrected chi connectivity index (χ1v) is 13.7. The van der Waals surface area contributed by atoms with Crippen molar-refractivity contribution in [3.8, 4) is 22.9 Å². The quantitative estimate of drug-likeness (QED) is 0.249. The van der Waals surface area contributed by atoms with Gasteiger partial charge < -0.3 is 8.83 Å². The molecule has 0 N–H and O–H groups in total. The number of imide groups is 2. The molecule has 5 aliphatic rings. The van der Waals surface area contributed by atoms with E-state index in [9.17, 15) is 19.2 Å². The van der Waals surface area contributed by atoms with Crippen LogP contribution >= 0.6 is 23.2 Å². The number of anilines is 2. The van der Waals surface area contributed by atoms with E-state index in [1.54, 1.807) is 60.7 Å². The van der Waals surface area contributed by atoms with Crippen molar-refractivity contribution in [3.63, 3.8) is 0 Å². The molecule has 208 valence electrons. The van der Waals surface area contributed by atoms with Crippen LogP contribution in [0.15, 0.2) is 69.5 Å². The highest BCUT2D eigenvalue weighted by atomic mass is 35.5. The van der Waals surface area contributed by atoms with Crippen molar-refractivity contribution in [1.82, 2.24) is 20.4 Å². The maximum absolute atomic E-state index is 13.7. The summed E-state index contributed by atoms with van der Waals surface area (Å²) in [5.41, 5.74) is 0.890. The van der Waals surface area contributed by atoms with Crippen LogP contribution < -0.4 is 9.80 Å². The number of carbonyl (C=O) groups is 4. The smallest absolute Gasteiger partial charge is 0.332 e. The first-order valence-electron chi connectivity index (χ1n) is 13.0. The van der Waals surface area contributed by atoms with E-state index in [-0.39, 0.29) is 23.8 Å². The standard InChI is InChI=1S/C28H16Cl2N6O6/c29-15-7-3-1-5-11(15)21-31-33-27(41-21)35-23(37)17-13-9-10-14(18(17)24(35)38)20-19(13)25(39)36(26(20)40)28-34-32-22(42-28)12-6-2-4-8-16(12)30/h1-10,13-14,17-20H. The third-order valence-electron chi connectivity index (χ3n) is 8.43. The number of aromatic nitrogens is 4. The molecule has 2 aliphatic heterocycles. The molecule has 9 rings (SSSR count). The number of hydrogen-bond acceptors (Lipinski definition) is 10. The van der Waals surface area contributed by atoms with Crippen LogP contribution in [0.3, 0.4) is 0 Å². The number of carbonyl (C=O) groups excluding carboxylic acids is 4. The minimum Gasteiger partial charge on any atom is -0.403 e. The normalized spacial score (nSPS) is 27.8. The molecular formula is C28H16Cl2N6O6. The fourth-order valence-electron chi connectivity index (χ4n) is 6.70. The van der Waals surface area contributed by atoms with Gasteiger partial charge in [0, 0.05) is 11.8 Å². The fraction of sp³-hybridized carbons (Fsp3) is 0.214. The van der Waals surface area contributed by atoms with Crippen LogP contribution in [0.2, 0.25) is 10.0 Å². The van der Waals surface area contributed by atoms with Gasteiger partial charge in [-0.2, -0.15) is 9.80 Å². The van der Waals surface area contributed by atoms with Gasteiger partial charge in [0.05, 0.1) is 44.8 Å². The van der Waals surface area contributed by atoms with Crippen molar-refractivity contribution in [1.29, 1.82) is 0 Å². The topological polar surface area (TPSA) is 153 Å². The van der Waals surface area contributed by atoms with Gasteiger partial charge in [0.1, 0.15) is 0 Å². The third kappa shape index (κ3) is 3.30. The van der Waals surface area contributed by atoms with E-state index < -0.39 is 59.1 Å². The molecule has 14 heteroatoms. The molecule has 4 atom stereocenters. The second-order valence-electron chi connectivity index (χ2n) is 10.4. The van der Waals surface area contributed by atoms with Crippen LogP contribution in [0, 0.1) is 35.5 Å². The van der Waals surface area contributed by atoms with E-state index in [1.807, 2.05) is 0 Å². The zero-order chi connectivity index (χ0) is 28.9. The molecule has 4 unspecified atom stereocenters. The Morgan fingerprint density at radius 1 is 0.548 bits per heavy atom.